The van der Waals surface area contributed by atoms with E-state index in [0.717, 1.165) is 22.6 Å². The summed E-state index contributed by atoms with van der Waals surface area (Å²) in [5.74, 6) is -6.12. The number of rotatable bonds is 8. The number of phenolic OH excluding ortho intramolecular Hbond substituents is 2. The molecule has 10 nitrogen and oxygen atoms in total. The van der Waals surface area contributed by atoms with Crippen molar-refractivity contribution in [2.45, 2.75) is 29.0 Å². The summed E-state index contributed by atoms with van der Waals surface area (Å²) >= 11 is 14.7. The van der Waals surface area contributed by atoms with E-state index in [1.165, 1.54) is 43.4 Å². The second kappa shape index (κ2) is 12.7. The summed E-state index contributed by atoms with van der Waals surface area (Å²) in [5, 5.41) is 20.1. The van der Waals surface area contributed by atoms with Gasteiger partial charge in [0.2, 0.25) is 17.6 Å². The zero-order valence-electron chi connectivity index (χ0n) is 27.5. The first-order valence-electron chi connectivity index (χ1n) is 16.3. The highest BCUT2D eigenvalue weighted by Gasteiger charge is 2.76. The number of hydrogen-bond acceptors (Lipinski definition) is 8. The van der Waals surface area contributed by atoms with Gasteiger partial charge < -0.3 is 19.7 Å². The number of amides is 4. The van der Waals surface area contributed by atoms with Gasteiger partial charge in [0.05, 0.1) is 31.7 Å². The van der Waals surface area contributed by atoms with E-state index in [-0.39, 0.29) is 54.0 Å². The third-order valence-electron chi connectivity index (χ3n) is 10.6. The molecule has 0 spiro atoms. The van der Waals surface area contributed by atoms with Crippen molar-refractivity contribution in [1.29, 1.82) is 0 Å². The number of anilines is 1. The van der Waals surface area contributed by atoms with Crippen LogP contribution < -0.4 is 14.4 Å². The summed E-state index contributed by atoms with van der Waals surface area (Å²) in [6, 6.07) is 14.4. The van der Waals surface area contributed by atoms with Crippen molar-refractivity contribution in [3.8, 4) is 23.0 Å². The predicted molar refractivity (Wildman–Crippen MR) is 186 cm³/mol. The summed E-state index contributed by atoms with van der Waals surface area (Å²) < 4.78 is 24.5. The van der Waals surface area contributed by atoms with E-state index in [9.17, 15) is 33.8 Å². The number of carbonyl (C=O) groups is 4. The number of fused-ring (bicyclic) bond motifs is 4. The number of methoxy groups -OCH3 is 2. The molecule has 2 saturated heterocycles. The lowest BCUT2D eigenvalue weighted by atomic mass is 9.57. The number of nitrogens with zero attached hydrogens (tertiary/aromatic N) is 2. The highest BCUT2D eigenvalue weighted by atomic mass is 35.5. The number of halogens is 3. The highest BCUT2D eigenvalue weighted by molar-refractivity contribution is 6.58. The van der Waals surface area contributed by atoms with Crippen LogP contribution in [0, 0.1) is 29.5 Å². The number of ether oxygens (including phenoxy) is 2. The SMILES string of the molecule is COc1cc(C=CC2C3=CCC4C(=O)N(CCc5ccc(O)cc5)C(=O)C4C3CC3(Cl)C(=O)N(c4ccc(F)cc4)C(=O)C23Cl)cc(OC)c1O. The lowest BCUT2D eigenvalue weighted by Crippen LogP contribution is -2.60. The molecule has 4 amide bonds. The molecule has 4 aliphatic rings. The van der Waals surface area contributed by atoms with Crippen LogP contribution in [0.2, 0.25) is 0 Å². The summed E-state index contributed by atoms with van der Waals surface area (Å²) in [6.45, 7) is 0.118. The van der Waals surface area contributed by atoms with Crippen LogP contribution in [-0.2, 0) is 25.6 Å². The zero-order chi connectivity index (χ0) is 36.4. The van der Waals surface area contributed by atoms with Gasteiger partial charge in [0.1, 0.15) is 11.6 Å². The van der Waals surface area contributed by atoms with Gasteiger partial charge in [-0.1, -0.05) is 35.9 Å². The van der Waals surface area contributed by atoms with Crippen molar-refractivity contribution in [1.82, 2.24) is 4.90 Å². The molecule has 0 bridgehead atoms. The molecule has 51 heavy (non-hydrogen) atoms. The first kappa shape index (κ1) is 34.6. The monoisotopic (exact) mass is 734 g/mol. The molecule has 2 aliphatic carbocycles. The second-order valence-corrected chi connectivity index (χ2v) is 14.4. The molecule has 264 valence electrons. The fourth-order valence-corrected chi connectivity index (χ4v) is 8.94. The van der Waals surface area contributed by atoms with Gasteiger partial charge in [0, 0.05) is 12.5 Å². The molecule has 2 N–H and O–H groups in total. The molecule has 2 aliphatic heterocycles. The summed E-state index contributed by atoms with van der Waals surface area (Å²) in [5.41, 5.74) is 2.01. The van der Waals surface area contributed by atoms with Gasteiger partial charge in [-0.2, -0.15) is 0 Å². The topological polar surface area (TPSA) is 134 Å². The number of hydrogen-bond donors (Lipinski definition) is 2. The predicted octanol–water partition coefficient (Wildman–Crippen LogP) is 5.61. The maximum Gasteiger partial charge on any atom is 0.258 e. The Hall–Kier alpha value is -4.87. The first-order valence-corrected chi connectivity index (χ1v) is 17.1. The van der Waals surface area contributed by atoms with Gasteiger partial charge in [-0.05, 0) is 84.8 Å². The Bertz CT molecular complexity index is 1990. The smallest absolute Gasteiger partial charge is 0.258 e. The fourth-order valence-electron chi connectivity index (χ4n) is 8.05. The van der Waals surface area contributed by atoms with Crippen LogP contribution in [0.1, 0.15) is 24.0 Å². The van der Waals surface area contributed by atoms with Crippen LogP contribution in [0.3, 0.4) is 0 Å². The van der Waals surface area contributed by atoms with E-state index in [2.05, 4.69) is 0 Å². The van der Waals surface area contributed by atoms with E-state index in [4.69, 9.17) is 32.7 Å². The number of aromatic hydroxyl groups is 2. The van der Waals surface area contributed by atoms with Crippen molar-refractivity contribution in [3.05, 3.63) is 95.3 Å². The van der Waals surface area contributed by atoms with Gasteiger partial charge in [0.15, 0.2) is 21.2 Å². The fraction of sp³-hybridized carbons (Fsp3) is 0.316. The number of alkyl halides is 2. The average molecular weight is 736 g/mol. The Balaban J connectivity index is 1.30. The van der Waals surface area contributed by atoms with Crippen molar-refractivity contribution >= 4 is 58.6 Å². The molecule has 2 heterocycles. The van der Waals surface area contributed by atoms with Crippen molar-refractivity contribution in [2.75, 3.05) is 25.7 Å². The summed E-state index contributed by atoms with van der Waals surface area (Å²) in [4.78, 5) is 54.7. The number of allylic oxidation sites excluding steroid dienone is 3. The number of likely N-dealkylation sites (tertiary alicyclic amines) is 1. The Kier molecular flexibility index (Phi) is 8.62. The van der Waals surface area contributed by atoms with E-state index < -0.39 is 57.0 Å². The zero-order valence-corrected chi connectivity index (χ0v) is 29.0. The molecule has 13 heteroatoms. The van der Waals surface area contributed by atoms with Crippen LogP contribution >= 0.6 is 23.2 Å². The van der Waals surface area contributed by atoms with E-state index >= 15 is 0 Å². The number of phenols is 2. The average Bonchev–Trinajstić information content (AvgIpc) is 3.45. The molecule has 6 unspecified atom stereocenters. The molecule has 1 saturated carbocycles. The number of benzene rings is 3. The van der Waals surface area contributed by atoms with E-state index in [1.54, 1.807) is 36.4 Å². The minimum absolute atomic E-state index is 0.0824. The van der Waals surface area contributed by atoms with Crippen LogP contribution in [0.4, 0.5) is 10.1 Å². The third kappa shape index (κ3) is 5.28. The van der Waals surface area contributed by atoms with Crippen LogP contribution in [0.25, 0.3) is 6.08 Å². The molecular weight excluding hydrogens is 702 g/mol. The van der Waals surface area contributed by atoms with E-state index in [0.29, 0.717) is 17.6 Å². The summed E-state index contributed by atoms with van der Waals surface area (Å²) in [7, 11) is 2.76. The van der Waals surface area contributed by atoms with Crippen molar-refractivity contribution in [2.24, 2.45) is 23.7 Å². The maximum atomic E-state index is 14.5. The van der Waals surface area contributed by atoms with Gasteiger partial charge >= 0.3 is 0 Å². The Morgan fingerprint density at radius 1 is 0.902 bits per heavy atom. The summed E-state index contributed by atoms with van der Waals surface area (Å²) in [6.07, 6.45) is 5.47. The van der Waals surface area contributed by atoms with Gasteiger partial charge in [0.25, 0.3) is 11.8 Å². The van der Waals surface area contributed by atoms with Gasteiger partial charge in [-0.3, -0.25) is 24.1 Å². The third-order valence-corrected chi connectivity index (χ3v) is 12.0. The minimum Gasteiger partial charge on any atom is -0.508 e. The van der Waals surface area contributed by atoms with Crippen LogP contribution in [0.5, 0.6) is 23.0 Å². The first-order chi connectivity index (χ1) is 24.3. The van der Waals surface area contributed by atoms with Crippen LogP contribution in [-0.4, -0.2) is 69.3 Å². The molecule has 0 radical (unpaired) electrons. The standard InChI is InChI=1S/C38H33Cl2FN2O8/c1-50-29-17-21(18-30(51-2)32(29)45)5-14-28-25-12-13-26-31(34(47)42(33(26)46)16-15-20-3-10-24(44)11-4-20)27(25)19-37(39)35(48)43(36(49)38(28,37)40)23-8-6-22(41)7-9-23/h3-12,14,17-18,26-28,31,44-45H,13,15-16,19H2,1-2H3. The van der Waals surface area contributed by atoms with Gasteiger partial charge in [-0.25, -0.2) is 9.29 Å². The molecule has 7 rings (SSSR count). The van der Waals surface area contributed by atoms with E-state index in [1.807, 2.05) is 6.08 Å². The Morgan fingerprint density at radius 2 is 1.55 bits per heavy atom. The van der Waals surface area contributed by atoms with Gasteiger partial charge in [-0.15, -0.1) is 23.2 Å². The number of carbonyl (C=O) groups excluding carboxylic acids is 4. The molecule has 6 atom stereocenters. The van der Waals surface area contributed by atoms with Crippen molar-refractivity contribution in [3.63, 3.8) is 0 Å². The largest absolute Gasteiger partial charge is 0.508 e. The maximum absolute atomic E-state index is 14.5. The normalized spacial score (nSPS) is 28.5. The second-order valence-electron chi connectivity index (χ2n) is 13.2. The minimum atomic E-state index is -2.08. The molecule has 3 aromatic rings. The number of imide groups is 2. The Labute approximate surface area is 302 Å². The molecular formula is C38H33Cl2FN2O8. The lowest BCUT2D eigenvalue weighted by molar-refractivity contribution is -0.140. The Morgan fingerprint density at radius 3 is 2.18 bits per heavy atom. The highest BCUT2D eigenvalue weighted by Crippen LogP contribution is 2.63. The van der Waals surface area contributed by atoms with Crippen LogP contribution in [0.15, 0.2) is 78.4 Å². The lowest BCUT2D eigenvalue weighted by Gasteiger charge is -2.49. The molecule has 3 aromatic carbocycles. The molecule has 0 aromatic heterocycles. The quantitative estimate of drug-likeness (QED) is 0.174. The molecule has 3 fully saturated rings. The van der Waals surface area contributed by atoms with Crippen molar-refractivity contribution < 1.29 is 43.3 Å².